The number of ether oxygens (including phenoxy) is 1. The maximum Gasteiger partial charge on any atom is 0.258 e. The number of rotatable bonds is 3. The quantitative estimate of drug-likeness (QED) is 0.668. The highest BCUT2D eigenvalue weighted by atomic mass is 16.5. The molecule has 3 heterocycles. The molecule has 7 heteroatoms. The molecule has 0 atom stereocenters. The summed E-state index contributed by atoms with van der Waals surface area (Å²) in [5.41, 5.74) is 1.47. The zero-order chi connectivity index (χ0) is 14.1. The smallest absolute Gasteiger partial charge is 0.258 e. The van der Waals surface area contributed by atoms with E-state index in [1.807, 2.05) is 0 Å². The number of hydrogen-bond acceptors (Lipinski definition) is 6. The lowest BCUT2D eigenvalue weighted by Crippen LogP contribution is -2.03. The number of nitrogens with zero attached hydrogens (tertiary/aromatic N) is 5. The van der Waals surface area contributed by atoms with Crippen molar-refractivity contribution in [3.63, 3.8) is 0 Å². The third kappa shape index (κ3) is 1.99. The highest BCUT2D eigenvalue weighted by molar-refractivity contribution is 5.92. The summed E-state index contributed by atoms with van der Waals surface area (Å²) in [7, 11) is 1.52. The first-order valence-electron chi connectivity index (χ1n) is 5.91. The second-order valence-corrected chi connectivity index (χ2v) is 4.12. The fraction of sp³-hybridized carbons (Fsp3) is 0.154. The van der Waals surface area contributed by atoms with Crippen LogP contribution in [0.4, 0.5) is 0 Å². The van der Waals surface area contributed by atoms with E-state index in [0.29, 0.717) is 28.7 Å². The molecule has 0 bridgehead atoms. The number of imidazole rings is 1. The van der Waals surface area contributed by atoms with Gasteiger partial charge in [-0.25, -0.2) is 19.9 Å². The highest BCUT2D eigenvalue weighted by Crippen LogP contribution is 2.20. The minimum Gasteiger partial charge on any atom is -0.478 e. The molecular formula is C13H11N5O2. The van der Waals surface area contributed by atoms with Gasteiger partial charge in [0.15, 0.2) is 17.3 Å². The maximum atomic E-state index is 11.4. The van der Waals surface area contributed by atoms with Crippen LogP contribution in [-0.2, 0) is 0 Å². The number of aromatic nitrogens is 5. The van der Waals surface area contributed by atoms with E-state index in [1.54, 1.807) is 29.1 Å². The molecule has 3 rings (SSSR count). The highest BCUT2D eigenvalue weighted by Gasteiger charge is 2.12. The van der Waals surface area contributed by atoms with Gasteiger partial charge in [-0.1, -0.05) is 0 Å². The van der Waals surface area contributed by atoms with Gasteiger partial charge in [-0.3, -0.25) is 4.79 Å². The van der Waals surface area contributed by atoms with Crippen molar-refractivity contribution in [1.29, 1.82) is 0 Å². The number of ketones is 1. The molecule has 0 radical (unpaired) electrons. The van der Waals surface area contributed by atoms with Crippen LogP contribution in [0.3, 0.4) is 0 Å². The van der Waals surface area contributed by atoms with Crippen LogP contribution in [0.15, 0.2) is 30.9 Å². The van der Waals surface area contributed by atoms with Gasteiger partial charge in [-0.15, -0.1) is 0 Å². The van der Waals surface area contributed by atoms with Crippen molar-refractivity contribution in [2.75, 3.05) is 7.11 Å². The summed E-state index contributed by atoms with van der Waals surface area (Å²) < 4.78 is 6.98. The number of carbonyl (C=O) groups is 1. The van der Waals surface area contributed by atoms with Crippen LogP contribution in [0.25, 0.3) is 17.2 Å². The third-order valence-electron chi connectivity index (χ3n) is 2.78. The molecule has 0 amide bonds. The predicted octanol–water partition coefficient (Wildman–Crippen LogP) is 1.40. The number of Topliss-reactive ketones (excluding diaryl/α,β-unsaturated/α-hetero) is 1. The molecule has 7 nitrogen and oxygen atoms in total. The Balaban J connectivity index is 2.18. The zero-order valence-corrected chi connectivity index (χ0v) is 10.9. The topological polar surface area (TPSA) is 82.3 Å². The first kappa shape index (κ1) is 12.2. The molecule has 0 fully saturated rings. The molecule has 0 spiro atoms. The Hall–Kier alpha value is -2.83. The summed E-state index contributed by atoms with van der Waals surface area (Å²) in [6, 6.07) is 1.57. The van der Waals surface area contributed by atoms with Gasteiger partial charge in [0.1, 0.15) is 11.4 Å². The molecule has 100 valence electrons. The van der Waals surface area contributed by atoms with Crippen molar-refractivity contribution in [2.45, 2.75) is 6.92 Å². The fourth-order valence-electron chi connectivity index (χ4n) is 1.83. The van der Waals surface area contributed by atoms with Crippen molar-refractivity contribution in [3.8, 4) is 17.4 Å². The molecule has 0 unspecified atom stereocenters. The maximum absolute atomic E-state index is 11.4. The third-order valence-corrected chi connectivity index (χ3v) is 2.78. The van der Waals surface area contributed by atoms with Crippen LogP contribution in [0.1, 0.15) is 17.4 Å². The van der Waals surface area contributed by atoms with E-state index in [9.17, 15) is 4.79 Å². The van der Waals surface area contributed by atoms with Crippen molar-refractivity contribution in [2.24, 2.45) is 0 Å². The fourth-order valence-corrected chi connectivity index (χ4v) is 1.83. The second kappa shape index (κ2) is 4.69. The summed E-state index contributed by atoms with van der Waals surface area (Å²) >= 11 is 0. The van der Waals surface area contributed by atoms with Gasteiger partial charge >= 0.3 is 0 Å². The molecule has 0 saturated heterocycles. The first-order chi connectivity index (χ1) is 9.69. The average Bonchev–Trinajstić information content (AvgIpc) is 2.94. The Bertz CT molecular complexity index is 796. The molecule has 20 heavy (non-hydrogen) atoms. The van der Waals surface area contributed by atoms with Gasteiger partial charge < -0.3 is 9.14 Å². The number of hydrogen-bond donors (Lipinski definition) is 0. The Morgan fingerprint density at radius 1 is 1.25 bits per heavy atom. The molecule has 3 aromatic heterocycles. The number of carbonyl (C=O) groups excluding carboxylic acids is 1. The Labute approximate surface area is 114 Å². The van der Waals surface area contributed by atoms with Gasteiger partial charge in [0.2, 0.25) is 0 Å². The molecule has 0 aliphatic rings. The van der Waals surface area contributed by atoms with Crippen molar-refractivity contribution < 1.29 is 9.53 Å². The summed E-state index contributed by atoms with van der Waals surface area (Å²) in [5.74, 6) is 0.625. The molecular weight excluding hydrogens is 258 g/mol. The lowest BCUT2D eigenvalue weighted by molar-refractivity contribution is 0.101. The van der Waals surface area contributed by atoms with E-state index in [0.717, 1.165) is 0 Å². The Morgan fingerprint density at radius 2 is 2.10 bits per heavy atom. The van der Waals surface area contributed by atoms with E-state index < -0.39 is 0 Å². The van der Waals surface area contributed by atoms with E-state index in [2.05, 4.69) is 19.9 Å². The largest absolute Gasteiger partial charge is 0.478 e. The average molecular weight is 269 g/mol. The van der Waals surface area contributed by atoms with Gasteiger partial charge in [0.25, 0.3) is 5.88 Å². The Morgan fingerprint density at radius 3 is 2.85 bits per heavy atom. The van der Waals surface area contributed by atoms with Gasteiger partial charge in [0, 0.05) is 31.7 Å². The van der Waals surface area contributed by atoms with Crippen LogP contribution < -0.4 is 4.74 Å². The van der Waals surface area contributed by atoms with Crippen molar-refractivity contribution in [3.05, 3.63) is 36.5 Å². The van der Waals surface area contributed by atoms with Crippen LogP contribution in [-0.4, -0.2) is 37.2 Å². The summed E-state index contributed by atoms with van der Waals surface area (Å²) in [4.78, 5) is 28.2. The first-order valence-corrected chi connectivity index (χ1v) is 5.91. The van der Waals surface area contributed by atoms with Gasteiger partial charge in [0.05, 0.1) is 7.11 Å². The Kier molecular flexibility index (Phi) is 2.86. The lowest BCUT2D eigenvalue weighted by Gasteiger charge is -2.05. The van der Waals surface area contributed by atoms with Crippen LogP contribution in [0.2, 0.25) is 0 Å². The molecule has 0 saturated carbocycles. The summed E-state index contributed by atoms with van der Waals surface area (Å²) in [6.07, 6.45) is 6.70. The predicted molar refractivity (Wildman–Crippen MR) is 70.6 cm³/mol. The standard InChI is InChI=1S/C13H11N5O2/c1-8(19)9-3-4-14-11(16-9)10-7-18-6-5-15-12(18)13(17-10)20-2/h3-7H,1-2H3. The molecule has 0 N–H and O–H groups in total. The number of methoxy groups -OCH3 is 1. The minimum absolute atomic E-state index is 0.121. The lowest BCUT2D eigenvalue weighted by atomic mass is 10.3. The minimum atomic E-state index is -0.121. The normalized spacial score (nSPS) is 10.7. The van der Waals surface area contributed by atoms with Crippen LogP contribution in [0.5, 0.6) is 5.88 Å². The van der Waals surface area contributed by atoms with Gasteiger partial charge in [-0.05, 0) is 6.07 Å². The molecule has 0 aliphatic carbocycles. The van der Waals surface area contributed by atoms with E-state index in [-0.39, 0.29) is 5.78 Å². The van der Waals surface area contributed by atoms with Crippen molar-refractivity contribution >= 4 is 11.4 Å². The molecule has 0 aromatic carbocycles. The second-order valence-electron chi connectivity index (χ2n) is 4.12. The number of fused-ring (bicyclic) bond motifs is 1. The van der Waals surface area contributed by atoms with E-state index in [4.69, 9.17) is 4.74 Å². The monoisotopic (exact) mass is 269 g/mol. The van der Waals surface area contributed by atoms with Crippen LogP contribution in [0, 0.1) is 0 Å². The zero-order valence-electron chi connectivity index (χ0n) is 10.9. The summed E-state index contributed by atoms with van der Waals surface area (Å²) in [5, 5.41) is 0. The summed E-state index contributed by atoms with van der Waals surface area (Å²) in [6.45, 7) is 1.46. The van der Waals surface area contributed by atoms with Crippen molar-refractivity contribution in [1.82, 2.24) is 24.3 Å². The SMILES string of the molecule is COc1nc(-c2nccc(C(C)=O)n2)cn2ccnc12. The molecule has 0 aliphatic heterocycles. The van der Waals surface area contributed by atoms with E-state index >= 15 is 0 Å². The van der Waals surface area contributed by atoms with E-state index in [1.165, 1.54) is 20.2 Å². The molecule has 3 aromatic rings. The van der Waals surface area contributed by atoms with Gasteiger partial charge in [-0.2, -0.15) is 0 Å². The van der Waals surface area contributed by atoms with Crippen LogP contribution >= 0.6 is 0 Å².